The molecule has 11 heteroatoms. The molecule has 3 aromatic rings. The summed E-state index contributed by atoms with van der Waals surface area (Å²) in [5.41, 5.74) is 1.22. The summed E-state index contributed by atoms with van der Waals surface area (Å²) in [5, 5.41) is 20.8. The molecule has 0 unspecified atom stereocenters. The van der Waals surface area contributed by atoms with Crippen LogP contribution in [0.3, 0.4) is 0 Å². The smallest absolute Gasteiger partial charge is 0.334 e. The maximum Gasteiger partial charge on any atom is 0.353 e. The quantitative estimate of drug-likeness (QED) is 0.364. The molecule has 9 nitrogen and oxygen atoms in total. The number of nitro groups is 1. The van der Waals surface area contributed by atoms with Gasteiger partial charge < -0.3 is 16.0 Å². The minimum absolute atomic E-state index is 0.00657. The molecule has 1 amide bonds. The highest BCUT2D eigenvalue weighted by molar-refractivity contribution is 6.35. The summed E-state index contributed by atoms with van der Waals surface area (Å²) in [6.07, 6.45) is 1.19. The molecule has 0 saturated carbocycles. The number of nitrogens with one attached hydrogen (secondary N) is 3. The van der Waals surface area contributed by atoms with Gasteiger partial charge in [-0.15, -0.1) is 0 Å². The van der Waals surface area contributed by atoms with Crippen LogP contribution in [-0.2, 0) is 4.79 Å². The van der Waals surface area contributed by atoms with Gasteiger partial charge >= 0.3 is 5.69 Å². The first kappa shape index (κ1) is 20.3. The number of carbonyl (C=O) groups is 1. The first-order valence-corrected chi connectivity index (χ1v) is 8.94. The molecule has 0 bridgehead atoms. The molecule has 0 aliphatic carbocycles. The first-order chi connectivity index (χ1) is 13.8. The van der Waals surface area contributed by atoms with Crippen molar-refractivity contribution in [3.05, 3.63) is 69.0 Å². The van der Waals surface area contributed by atoms with Crippen molar-refractivity contribution in [3.8, 4) is 0 Å². The van der Waals surface area contributed by atoms with E-state index in [1.165, 1.54) is 13.3 Å². The van der Waals surface area contributed by atoms with Crippen molar-refractivity contribution in [1.82, 2.24) is 9.97 Å². The van der Waals surface area contributed by atoms with Gasteiger partial charge in [-0.25, -0.2) is 9.97 Å². The Morgan fingerprint density at radius 2 is 1.45 bits per heavy atom. The van der Waals surface area contributed by atoms with Gasteiger partial charge in [-0.2, -0.15) is 0 Å². The zero-order valence-corrected chi connectivity index (χ0v) is 16.5. The Kier molecular flexibility index (Phi) is 6.10. The van der Waals surface area contributed by atoms with Crippen LogP contribution in [0.4, 0.5) is 34.4 Å². The first-order valence-electron chi connectivity index (χ1n) is 8.19. The molecule has 0 fully saturated rings. The summed E-state index contributed by atoms with van der Waals surface area (Å²) >= 11 is 11.9. The number of nitrogens with zero attached hydrogens (tertiary/aromatic N) is 3. The van der Waals surface area contributed by atoms with Gasteiger partial charge in [0.15, 0.2) is 0 Å². The molecule has 29 heavy (non-hydrogen) atoms. The second-order valence-corrected chi connectivity index (χ2v) is 6.72. The molecule has 0 saturated heterocycles. The zero-order chi connectivity index (χ0) is 21.0. The van der Waals surface area contributed by atoms with E-state index in [9.17, 15) is 14.9 Å². The molecular formula is C18H14Cl2N6O3. The third-order valence-electron chi connectivity index (χ3n) is 3.60. The Morgan fingerprint density at radius 1 is 0.931 bits per heavy atom. The van der Waals surface area contributed by atoms with Crippen LogP contribution in [0.25, 0.3) is 0 Å². The topological polar surface area (TPSA) is 122 Å². The van der Waals surface area contributed by atoms with Gasteiger partial charge in [-0.1, -0.05) is 23.2 Å². The third-order valence-corrected chi connectivity index (χ3v) is 4.03. The van der Waals surface area contributed by atoms with Crippen molar-refractivity contribution in [2.45, 2.75) is 6.92 Å². The van der Waals surface area contributed by atoms with Gasteiger partial charge in [0.05, 0.1) is 4.92 Å². The van der Waals surface area contributed by atoms with E-state index in [-0.39, 0.29) is 23.2 Å². The summed E-state index contributed by atoms with van der Waals surface area (Å²) in [6, 6.07) is 11.3. The number of benzene rings is 2. The maximum atomic E-state index is 11.7. The highest BCUT2D eigenvalue weighted by atomic mass is 35.5. The van der Waals surface area contributed by atoms with Crippen molar-refractivity contribution in [1.29, 1.82) is 0 Å². The van der Waals surface area contributed by atoms with Crippen molar-refractivity contribution >= 4 is 63.5 Å². The van der Waals surface area contributed by atoms with Gasteiger partial charge in [0.1, 0.15) is 6.33 Å². The average molecular weight is 433 g/mol. The van der Waals surface area contributed by atoms with Gasteiger partial charge in [0, 0.05) is 34.0 Å². The third kappa shape index (κ3) is 5.31. The molecule has 0 aliphatic rings. The lowest BCUT2D eigenvalue weighted by molar-refractivity contribution is -0.383. The Labute approximate surface area is 175 Å². The number of halogens is 2. The number of carbonyl (C=O) groups excluding carboxylic acids is 1. The van der Waals surface area contributed by atoms with Crippen LogP contribution in [0.1, 0.15) is 6.92 Å². The normalized spacial score (nSPS) is 10.3. The van der Waals surface area contributed by atoms with E-state index in [1.807, 2.05) is 0 Å². The monoisotopic (exact) mass is 432 g/mol. The van der Waals surface area contributed by atoms with E-state index in [1.54, 1.807) is 42.5 Å². The second kappa shape index (κ2) is 8.72. The van der Waals surface area contributed by atoms with Crippen molar-refractivity contribution in [2.24, 2.45) is 0 Å². The lowest BCUT2D eigenvalue weighted by atomic mass is 10.2. The van der Waals surface area contributed by atoms with E-state index in [0.717, 1.165) is 0 Å². The molecule has 3 N–H and O–H groups in total. The Bertz CT molecular complexity index is 1060. The summed E-state index contributed by atoms with van der Waals surface area (Å²) < 4.78 is 0. The standard InChI is InChI=1S/C18H14Cl2N6O3/c1-10(27)23-13-2-4-14(5-3-13)24-17-16(26(28)29)18(22-9-21-17)25-15-7-11(19)6-12(20)8-15/h2-9H,1H3,(H,23,27)(H2,21,22,24,25). The molecule has 0 aliphatic heterocycles. The predicted octanol–water partition coefficient (Wildman–Crippen LogP) is 5.14. The molecule has 1 heterocycles. The van der Waals surface area contributed by atoms with Crippen molar-refractivity contribution in [3.63, 3.8) is 0 Å². The van der Waals surface area contributed by atoms with E-state index in [2.05, 4.69) is 25.9 Å². The van der Waals surface area contributed by atoms with Gasteiger partial charge in [-0.3, -0.25) is 14.9 Å². The molecule has 3 rings (SSSR count). The molecular weight excluding hydrogens is 419 g/mol. The molecule has 0 spiro atoms. The molecule has 1 aromatic heterocycles. The number of anilines is 5. The lowest BCUT2D eigenvalue weighted by Crippen LogP contribution is -2.06. The maximum absolute atomic E-state index is 11.7. The summed E-state index contributed by atoms with van der Waals surface area (Å²) in [7, 11) is 0. The minimum atomic E-state index is -0.595. The van der Waals surface area contributed by atoms with Crippen molar-refractivity contribution < 1.29 is 9.72 Å². The number of aromatic nitrogens is 2. The van der Waals surface area contributed by atoms with E-state index >= 15 is 0 Å². The fourth-order valence-electron chi connectivity index (χ4n) is 2.47. The van der Waals surface area contributed by atoms with E-state index in [4.69, 9.17) is 23.2 Å². The Balaban J connectivity index is 1.90. The SMILES string of the molecule is CC(=O)Nc1ccc(Nc2ncnc(Nc3cc(Cl)cc(Cl)c3)c2[N+](=O)[O-])cc1. The van der Waals surface area contributed by atoms with Crippen LogP contribution >= 0.6 is 23.2 Å². The van der Waals surface area contributed by atoms with Crippen LogP contribution in [0.15, 0.2) is 48.8 Å². The van der Waals surface area contributed by atoms with Gasteiger partial charge in [0.2, 0.25) is 17.5 Å². The van der Waals surface area contributed by atoms with Crippen LogP contribution in [0.5, 0.6) is 0 Å². The highest BCUT2D eigenvalue weighted by Crippen LogP contribution is 2.34. The average Bonchev–Trinajstić information content (AvgIpc) is 2.62. The molecule has 0 atom stereocenters. The molecule has 0 radical (unpaired) electrons. The summed E-state index contributed by atoms with van der Waals surface area (Å²) in [5.74, 6) is -0.234. The number of rotatable bonds is 6. The molecule has 2 aromatic carbocycles. The fraction of sp³-hybridized carbons (Fsp3) is 0.0556. The number of amides is 1. The Hall–Kier alpha value is -3.43. The minimum Gasteiger partial charge on any atom is -0.334 e. The molecule has 148 valence electrons. The van der Waals surface area contributed by atoms with Crippen molar-refractivity contribution in [2.75, 3.05) is 16.0 Å². The van der Waals surface area contributed by atoms with E-state index < -0.39 is 4.92 Å². The highest BCUT2D eigenvalue weighted by Gasteiger charge is 2.23. The Morgan fingerprint density at radius 3 is 1.97 bits per heavy atom. The van der Waals surface area contributed by atoms with Gasteiger partial charge in [0.25, 0.3) is 0 Å². The zero-order valence-electron chi connectivity index (χ0n) is 14.9. The van der Waals surface area contributed by atoms with Gasteiger partial charge in [-0.05, 0) is 42.5 Å². The summed E-state index contributed by atoms with van der Waals surface area (Å²) in [6.45, 7) is 1.40. The van der Waals surface area contributed by atoms with Crippen LogP contribution in [0, 0.1) is 10.1 Å². The van der Waals surface area contributed by atoms with E-state index in [0.29, 0.717) is 27.1 Å². The summed E-state index contributed by atoms with van der Waals surface area (Å²) in [4.78, 5) is 30.1. The van der Waals surface area contributed by atoms with Crippen LogP contribution in [0.2, 0.25) is 10.0 Å². The fourth-order valence-corrected chi connectivity index (χ4v) is 3.00. The number of hydrogen-bond donors (Lipinski definition) is 3. The largest absolute Gasteiger partial charge is 0.353 e. The lowest BCUT2D eigenvalue weighted by Gasteiger charge is -2.11. The number of hydrogen-bond acceptors (Lipinski definition) is 7. The predicted molar refractivity (Wildman–Crippen MR) is 112 cm³/mol. The second-order valence-electron chi connectivity index (χ2n) is 5.84. The van der Waals surface area contributed by atoms with Crippen LogP contribution in [-0.4, -0.2) is 20.8 Å². The van der Waals surface area contributed by atoms with Crippen LogP contribution < -0.4 is 16.0 Å².